The second-order valence-electron chi connectivity index (χ2n) is 5.66. The second-order valence-corrected chi connectivity index (χ2v) is 6.58. The summed E-state index contributed by atoms with van der Waals surface area (Å²) in [6, 6.07) is 11.9. The van der Waals surface area contributed by atoms with Crippen molar-refractivity contribution in [2.75, 3.05) is 14.2 Å². The van der Waals surface area contributed by atoms with E-state index in [9.17, 15) is 0 Å². The van der Waals surface area contributed by atoms with Gasteiger partial charge in [-0.3, -0.25) is 0 Å². The van der Waals surface area contributed by atoms with Crippen LogP contribution in [0.1, 0.15) is 16.7 Å². The molecule has 0 aliphatic rings. The molecule has 0 saturated carbocycles. The van der Waals surface area contributed by atoms with Gasteiger partial charge in [-0.1, -0.05) is 35.5 Å². The van der Waals surface area contributed by atoms with Crippen molar-refractivity contribution in [3.63, 3.8) is 0 Å². The maximum absolute atomic E-state index is 5.80. The van der Waals surface area contributed by atoms with Gasteiger partial charge in [0, 0.05) is 11.8 Å². The summed E-state index contributed by atoms with van der Waals surface area (Å²) in [6.45, 7) is 4.20. The number of hydrogen-bond donors (Lipinski definition) is 0. The van der Waals surface area contributed by atoms with Gasteiger partial charge in [-0.2, -0.15) is 0 Å². The fraction of sp³-hybridized carbons (Fsp3) is 0.263. The van der Waals surface area contributed by atoms with Gasteiger partial charge in [-0.15, -0.1) is 10.2 Å². The van der Waals surface area contributed by atoms with Crippen LogP contribution < -0.4 is 9.47 Å². The first-order chi connectivity index (χ1) is 12.1. The third-order valence-corrected chi connectivity index (χ3v) is 4.77. The summed E-state index contributed by atoms with van der Waals surface area (Å²) in [7, 11) is 3.22. The van der Waals surface area contributed by atoms with Crippen molar-refractivity contribution in [1.29, 1.82) is 0 Å². The standard InChI is InChI=1S/C19H20N2O3S/c1-12-5-6-13(2)14(9-12)11-25-19-21-20-18(24-19)16-8-7-15(22-3)10-17(16)23-4/h5-10H,11H2,1-4H3. The van der Waals surface area contributed by atoms with E-state index in [-0.39, 0.29) is 0 Å². The smallest absolute Gasteiger partial charge is 0.277 e. The Bertz CT molecular complexity index is 877. The first-order valence-corrected chi connectivity index (χ1v) is 8.84. The highest BCUT2D eigenvalue weighted by molar-refractivity contribution is 7.98. The predicted octanol–water partition coefficient (Wildman–Crippen LogP) is 4.66. The quantitative estimate of drug-likeness (QED) is 0.599. The van der Waals surface area contributed by atoms with E-state index in [0.717, 1.165) is 11.3 Å². The number of aromatic nitrogens is 2. The highest BCUT2D eigenvalue weighted by Crippen LogP contribution is 2.34. The van der Waals surface area contributed by atoms with E-state index in [2.05, 4.69) is 42.2 Å². The molecule has 0 bridgehead atoms. The zero-order valence-electron chi connectivity index (χ0n) is 14.7. The summed E-state index contributed by atoms with van der Waals surface area (Å²) >= 11 is 1.53. The van der Waals surface area contributed by atoms with Gasteiger partial charge in [0.05, 0.1) is 19.8 Å². The number of rotatable bonds is 6. The lowest BCUT2D eigenvalue weighted by Gasteiger charge is -2.07. The fourth-order valence-electron chi connectivity index (χ4n) is 2.45. The molecule has 0 aliphatic carbocycles. The van der Waals surface area contributed by atoms with Crippen LogP contribution in [0.15, 0.2) is 46.0 Å². The minimum atomic E-state index is 0.433. The average molecular weight is 356 g/mol. The number of methoxy groups -OCH3 is 2. The third kappa shape index (κ3) is 3.96. The fourth-order valence-corrected chi connectivity index (χ4v) is 3.27. The second kappa shape index (κ2) is 7.61. The molecule has 2 aromatic carbocycles. The van der Waals surface area contributed by atoms with E-state index in [1.165, 1.54) is 28.5 Å². The minimum Gasteiger partial charge on any atom is -0.497 e. The zero-order chi connectivity index (χ0) is 17.8. The van der Waals surface area contributed by atoms with E-state index in [4.69, 9.17) is 13.9 Å². The van der Waals surface area contributed by atoms with Crippen LogP contribution >= 0.6 is 11.8 Å². The summed E-state index contributed by atoms with van der Waals surface area (Å²) in [5, 5.41) is 8.82. The molecule has 0 fully saturated rings. The molecule has 1 aromatic heterocycles. The van der Waals surface area contributed by atoms with Crippen LogP contribution in [0, 0.1) is 13.8 Å². The largest absolute Gasteiger partial charge is 0.497 e. The molecule has 0 aliphatic heterocycles. The summed E-state index contributed by atoms with van der Waals surface area (Å²) in [5.41, 5.74) is 4.52. The SMILES string of the molecule is COc1ccc(-c2nnc(SCc3cc(C)ccc3C)o2)c(OC)c1. The van der Waals surface area contributed by atoms with Crippen molar-refractivity contribution in [3.8, 4) is 23.0 Å². The molecule has 6 heteroatoms. The summed E-state index contributed by atoms with van der Waals surface area (Å²) in [4.78, 5) is 0. The maximum atomic E-state index is 5.80. The van der Waals surface area contributed by atoms with Gasteiger partial charge in [0.25, 0.3) is 11.1 Å². The zero-order valence-corrected chi connectivity index (χ0v) is 15.5. The van der Waals surface area contributed by atoms with Crippen molar-refractivity contribution in [3.05, 3.63) is 53.1 Å². The summed E-state index contributed by atoms with van der Waals surface area (Å²) in [5.74, 6) is 2.57. The first-order valence-electron chi connectivity index (χ1n) is 7.85. The molecule has 1 heterocycles. The molecule has 3 rings (SSSR count). The van der Waals surface area contributed by atoms with Crippen molar-refractivity contribution < 1.29 is 13.9 Å². The molecule has 130 valence electrons. The lowest BCUT2D eigenvalue weighted by molar-refractivity contribution is 0.393. The molecule has 0 atom stereocenters. The van der Waals surface area contributed by atoms with Gasteiger partial charge in [0.15, 0.2) is 0 Å². The van der Waals surface area contributed by atoms with Crippen LogP contribution in [0.4, 0.5) is 0 Å². The van der Waals surface area contributed by atoms with Crippen molar-refractivity contribution in [2.24, 2.45) is 0 Å². The highest BCUT2D eigenvalue weighted by Gasteiger charge is 2.15. The molecule has 3 aromatic rings. The van der Waals surface area contributed by atoms with Crippen LogP contribution in [0.5, 0.6) is 11.5 Å². The topological polar surface area (TPSA) is 57.4 Å². The normalized spacial score (nSPS) is 10.7. The molecule has 0 saturated heterocycles. The van der Waals surface area contributed by atoms with Gasteiger partial charge >= 0.3 is 0 Å². The number of nitrogens with zero attached hydrogens (tertiary/aromatic N) is 2. The number of aryl methyl sites for hydroxylation is 2. The van der Waals surface area contributed by atoms with E-state index in [0.29, 0.717) is 22.6 Å². The Morgan fingerprint density at radius 1 is 1.00 bits per heavy atom. The lowest BCUT2D eigenvalue weighted by Crippen LogP contribution is -1.90. The van der Waals surface area contributed by atoms with Gasteiger partial charge in [-0.05, 0) is 37.1 Å². The molecule has 0 unspecified atom stereocenters. The molecular weight excluding hydrogens is 336 g/mol. The Labute approximate surface area is 151 Å². The molecular formula is C19H20N2O3S. The molecule has 0 N–H and O–H groups in total. The summed E-state index contributed by atoms with van der Waals surface area (Å²) in [6.07, 6.45) is 0. The molecule has 5 nitrogen and oxygen atoms in total. The van der Waals surface area contributed by atoms with Gasteiger partial charge < -0.3 is 13.9 Å². The number of hydrogen-bond acceptors (Lipinski definition) is 6. The van der Waals surface area contributed by atoms with Crippen LogP contribution in [0.25, 0.3) is 11.5 Å². The van der Waals surface area contributed by atoms with E-state index < -0.39 is 0 Å². The van der Waals surface area contributed by atoms with E-state index >= 15 is 0 Å². The van der Waals surface area contributed by atoms with Crippen molar-refractivity contribution >= 4 is 11.8 Å². The van der Waals surface area contributed by atoms with Crippen molar-refractivity contribution in [2.45, 2.75) is 24.8 Å². The predicted molar refractivity (Wildman–Crippen MR) is 98.3 cm³/mol. The molecule has 0 spiro atoms. The van der Waals surface area contributed by atoms with Gasteiger partial charge in [0.2, 0.25) is 0 Å². The summed E-state index contributed by atoms with van der Waals surface area (Å²) < 4.78 is 16.4. The minimum absolute atomic E-state index is 0.433. The molecule has 25 heavy (non-hydrogen) atoms. The van der Waals surface area contributed by atoms with Gasteiger partial charge in [-0.25, -0.2) is 0 Å². The van der Waals surface area contributed by atoms with E-state index in [1.807, 2.05) is 12.1 Å². The number of benzene rings is 2. The van der Waals surface area contributed by atoms with Crippen LogP contribution in [0.2, 0.25) is 0 Å². The number of ether oxygens (including phenoxy) is 2. The Morgan fingerprint density at radius 3 is 2.60 bits per heavy atom. The maximum Gasteiger partial charge on any atom is 0.277 e. The van der Waals surface area contributed by atoms with Crippen LogP contribution in [-0.4, -0.2) is 24.4 Å². The Kier molecular flexibility index (Phi) is 5.28. The Hall–Kier alpha value is -2.47. The van der Waals surface area contributed by atoms with Crippen LogP contribution in [0.3, 0.4) is 0 Å². The van der Waals surface area contributed by atoms with Gasteiger partial charge in [0.1, 0.15) is 11.5 Å². The van der Waals surface area contributed by atoms with Crippen LogP contribution in [-0.2, 0) is 5.75 Å². The van der Waals surface area contributed by atoms with E-state index in [1.54, 1.807) is 20.3 Å². The lowest BCUT2D eigenvalue weighted by atomic mass is 10.1. The number of thioether (sulfide) groups is 1. The third-order valence-electron chi connectivity index (χ3n) is 3.90. The van der Waals surface area contributed by atoms with Crippen molar-refractivity contribution in [1.82, 2.24) is 10.2 Å². The monoisotopic (exact) mass is 356 g/mol. The molecule has 0 radical (unpaired) electrons. The Morgan fingerprint density at radius 2 is 1.84 bits per heavy atom. The molecule has 0 amide bonds. The first kappa shape index (κ1) is 17.4. The highest BCUT2D eigenvalue weighted by atomic mass is 32.2. The average Bonchev–Trinajstić information content (AvgIpc) is 3.10. The Balaban J connectivity index is 1.77.